The van der Waals surface area contributed by atoms with Crippen LogP contribution in [0, 0.1) is 17.8 Å². The minimum Gasteiger partial charge on any atom is -0.458 e. The van der Waals surface area contributed by atoms with Gasteiger partial charge in [0, 0.05) is 13.0 Å². The summed E-state index contributed by atoms with van der Waals surface area (Å²) in [6, 6.07) is 4.41. The molecule has 2 saturated carbocycles. The minimum absolute atomic E-state index is 0.114. The van der Waals surface area contributed by atoms with Gasteiger partial charge in [0.1, 0.15) is 17.7 Å². The lowest BCUT2D eigenvalue weighted by molar-refractivity contribution is -0.158. The Bertz CT molecular complexity index is 1640. The van der Waals surface area contributed by atoms with Crippen molar-refractivity contribution in [1.29, 1.82) is 0 Å². The topological polar surface area (TPSA) is 189 Å². The highest BCUT2D eigenvalue weighted by atomic mass is 32.2. The van der Waals surface area contributed by atoms with E-state index >= 15 is 0 Å². The van der Waals surface area contributed by atoms with Crippen LogP contribution in [0.3, 0.4) is 0 Å². The second-order valence-electron chi connectivity index (χ2n) is 17.4. The first-order valence-corrected chi connectivity index (χ1v) is 22.7. The van der Waals surface area contributed by atoms with Gasteiger partial charge in [-0.25, -0.2) is 9.59 Å². The summed E-state index contributed by atoms with van der Waals surface area (Å²) in [5.41, 5.74) is -0.332. The number of esters is 1. The minimum atomic E-state index is -1.18. The third-order valence-corrected chi connectivity index (χ3v) is 14.1. The molecule has 0 aromatic heterocycles. The van der Waals surface area contributed by atoms with Crippen molar-refractivity contribution >= 4 is 65.0 Å². The Hall–Kier alpha value is -3.79. The highest BCUT2D eigenvalue weighted by Crippen LogP contribution is 2.51. The van der Waals surface area contributed by atoms with E-state index in [2.05, 4.69) is 21.3 Å². The van der Waals surface area contributed by atoms with Crippen molar-refractivity contribution in [1.82, 2.24) is 26.2 Å². The van der Waals surface area contributed by atoms with Gasteiger partial charge in [0.2, 0.25) is 23.5 Å². The Morgan fingerprint density at radius 2 is 1.55 bits per heavy atom. The molecule has 58 heavy (non-hydrogen) atoms. The summed E-state index contributed by atoms with van der Waals surface area (Å²) in [4.78, 5) is 96.9. The van der Waals surface area contributed by atoms with Gasteiger partial charge in [-0.1, -0.05) is 76.3 Å². The number of nitrogens with one attached hydrogen (secondary N) is 4. The molecule has 4 N–H and O–H groups in total. The maximum Gasteiger partial charge on any atom is 0.407 e. The molecule has 2 aliphatic carbocycles. The van der Waals surface area contributed by atoms with Gasteiger partial charge in [0.25, 0.3) is 5.91 Å². The fraction of sp³-hybridized carbons (Fsp3) is 0.690. The molecule has 4 fully saturated rings. The standard InChI is InChI=1S/C42H61N5O9S2/c1-26(2)24-55-40(54)46-33(28-13-8-6-9-14-28)38(52)47-25-42(57-19-12-20-58-42)22-31(47)36(50)44-30(21-27-17-18-27)35(49)37(51)43-23-32(48)45-34(29-15-10-7-11-16-29)39(53)56-41(3,4)5/h7,10-11,15-16,26-28,30-31,33-34H,6,8-9,12-14,17-25H2,1-5H3,(H,43,51)(H,44,50)(H,45,48)(H,46,54)/t30?,31?,33-,34?/m0/s1. The molecule has 16 heteroatoms. The number of carbonyl (C=O) groups excluding carboxylic acids is 7. The van der Waals surface area contributed by atoms with Crippen LogP contribution in [0.5, 0.6) is 0 Å². The van der Waals surface area contributed by atoms with E-state index in [9.17, 15) is 33.6 Å². The molecule has 1 spiro atoms. The van der Waals surface area contributed by atoms with E-state index in [1.807, 2.05) is 13.8 Å². The van der Waals surface area contributed by atoms with Gasteiger partial charge in [-0.05, 0) is 81.3 Å². The Labute approximate surface area is 350 Å². The van der Waals surface area contributed by atoms with Crippen molar-refractivity contribution in [2.75, 3.05) is 31.2 Å². The van der Waals surface area contributed by atoms with Crippen LogP contribution in [0.2, 0.25) is 0 Å². The van der Waals surface area contributed by atoms with E-state index in [0.29, 0.717) is 18.5 Å². The highest BCUT2D eigenvalue weighted by Gasteiger charge is 2.53. The molecule has 5 amide bonds. The van der Waals surface area contributed by atoms with E-state index in [4.69, 9.17) is 9.47 Å². The molecule has 2 heterocycles. The number of hydrogen-bond donors (Lipinski definition) is 4. The molecule has 5 rings (SSSR count). The zero-order valence-corrected chi connectivity index (χ0v) is 36.1. The third-order valence-electron chi connectivity index (χ3n) is 10.7. The zero-order valence-electron chi connectivity index (χ0n) is 34.5. The number of ketones is 1. The average Bonchev–Trinajstić information content (AvgIpc) is 3.94. The lowest BCUT2D eigenvalue weighted by atomic mass is 9.83. The number of likely N-dealkylation sites (tertiary alicyclic amines) is 1. The summed E-state index contributed by atoms with van der Waals surface area (Å²) in [5, 5.41) is 10.7. The van der Waals surface area contributed by atoms with E-state index in [1.54, 1.807) is 79.5 Å². The maximum absolute atomic E-state index is 14.7. The van der Waals surface area contributed by atoms with Crippen LogP contribution in [0.25, 0.3) is 0 Å². The molecular weight excluding hydrogens is 783 g/mol. The number of nitrogens with zero attached hydrogens (tertiary/aromatic N) is 1. The molecule has 14 nitrogen and oxygen atoms in total. The van der Waals surface area contributed by atoms with Gasteiger partial charge >= 0.3 is 12.1 Å². The first-order valence-electron chi connectivity index (χ1n) is 20.8. The molecule has 4 aliphatic rings. The Balaban J connectivity index is 1.28. The second-order valence-corrected chi connectivity index (χ2v) is 20.6. The first-order chi connectivity index (χ1) is 27.5. The number of Topliss-reactive ketones (excluding diaryl/α,β-unsaturated/α-hetero) is 1. The highest BCUT2D eigenvalue weighted by molar-refractivity contribution is 8.18. The summed E-state index contributed by atoms with van der Waals surface area (Å²) in [6.07, 6.45) is 7.08. The monoisotopic (exact) mass is 843 g/mol. The predicted molar refractivity (Wildman–Crippen MR) is 223 cm³/mol. The van der Waals surface area contributed by atoms with Gasteiger partial charge in [-0.15, -0.1) is 23.5 Å². The van der Waals surface area contributed by atoms with Crippen LogP contribution in [-0.4, -0.2) is 105 Å². The zero-order chi connectivity index (χ0) is 42.0. The summed E-state index contributed by atoms with van der Waals surface area (Å²) in [6.45, 7) is 8.91. The van der Waals surface area contributed by atoms with Crippen molar-refractivity contribution in [3.63, 3.8) is 0 Å². The van der Waals surface area contributed by atoms with Gasteiger partial charge in [-0.2, -0.15) is 0 Å². The SMILES string of the molecule is CC(C)COC(=O)N[C@H](C(=O)N1CC2(CC1C(=O)NC(CC1CC1)C(=O)C(=O)NCC(=O)NC(C(=O)OC(C)(C)C)c1ccccc1)SCCCS2)C1CCCCC1. The Morgan fingerprint density at radius 3 is 2.17 bits per heavy atom. The largest absolute Gasteiger partial charge is 0.458 e. The number of benzene rings is 1. The maximum atomic E-state index is 14.7. The van der Waals surface area contributed by atoms with Crippen LogP contribution in [0.15, 0.2) is 30.3 Å². The van der Waals surface area contributed by atoms with E-state index in [-0.39, 0.29) is 36.7 Å². The van der Waals surface area contributed by atoms with Crippen molar-refractivity contribution in [3.8, 4) is 0 Å². The first kappa shape index (κ1) is 45.3. The van der Waals surface area contributed by atoms with Crippen LogP contribution in [-0.2, 0) is 38.2 Å². The van der Waals surface area contributed by atoms with E-state index in [1.165, 1.54) is 0 Å². The molecular formula is C42H61N5O9S2. The summed E-state index contributed by atoms with van der Waals surface area (Å²) < 4.78 is 10.5. The van der Waals surface area contributed by atoms with Crippen molar-refractivity contribution in [2.45, 2.75) is 133 Å². The van der Waals surface area contributed by atoms with Crippen molar-refractivity contribution in [3.05, 3.63) is 35.9 Å². The van der Waals surface area contributed by atoms with Crippen LogP contribution < -0.4 is 21.3 Å². The van der Waals surface area contributed by atoms with Crippen LogP contribution in [0.4, 0.5) is 4.79 Å². The lowest BCUT2D eigenvalue weighted by Gasteiger charge is -2.35. The van der Waals surface area contributed by atoms with Crippen molar-refractivity contribution < 1.29 is 43.0 Å². The van der Waals surface area contributed by atoms with E-state index < -0.39 is 76.0 Å². The quantitative estimate of drug-likeness (QED) is 0.134. The van der Waals surface area contributed by atoms with Gasteiger partial charge in [0.05, 0.1) is 23.3 Å². The number of amides is 5. The van der Waals surface area contributed by atoms with Crippen LogP contribution >= 0.6 is 23.5 Å². The fourth-order valence-electron chi connectivity index (χ4n) is 7.66. The number of rotatable bonds is 16. The molecule has 320 valence electrons. The number of ether oxygens (including phenoxy) is 2. The fourth-order valence-corrected chi connectivity index (χ4v) is 11.0. The lowest BCUT2D eigenvalue weighted by Crippen LogP contribution is -2.58. The van der Waals surface area contributed by atoms with Crippen LogP contribution in [0.1, 0.15) is 110 Å². The molecule has 2 aliphatic heterocycles. The number of thioether (sulfide) groups is 2. The average molecular weight is 844 g/mol. The molecule has 1 aromatic rings. The number of hydrogen-bond acceptors (Lipinski definition) is 11. The smallest absolute Gasteiger partial charge is 0.407 e. The predicted octanol–water partition coefficient (Wildman–Crippen LogP) is 4.65. The summed E-state index contributed by atoms with van der Waals surface area (Å²) >= 11 is 3.47. The van der Waals surface area contributed by atoms with Gasteiger partial charge in [0.15, 0.2) is 6.04 Å². The molecule has 4 atom stereocenters. The second kappa shape index (κ2) is 20.5. The number of carbonyl (C=O) groups is 7. The molecule has 0 radical (unpaired) electrons. The Kier molecular flexibility index (Phi) is 16.0. The third kappa shape index (κ3) is 13.1. The normalized spacial score (nSPS) is 21.0. The van der Waals surface area contributed by atoms with Gasteiger partial charge in [-0.3, -0.25) is 24.0 Å². The summed E-state index contributed by atoms with van der Waals surface area (Å²) in [7, 11) is 0. The number of alkyl carbamates (subject to hydrolysis) is 1. The molecule has 0 bridgehead atoms. The molecule has 1 aromatic carbocycles. The Morgan fingerprint density at radius 1 is 0.879 bits per heavy atom. The molecule has 2 saturated heterocycles. The molecule has 3 unspecified atom stereocenters. The summed E-state index contributed by atoms with van der Waals surface area (Å²) in [5.74, 6) is -2.32. The van der Waals surface area contributed by atoms with Gasteiger partial charge < -0.3 is 35.6 Å². The van der Waals surface area contributed by atoms with Crippen molar-refractivity contribution in [2.24, 2.45) is 17.8 Å². The van der Waals surface area contributed by atoms with E-state index in [0.717, 1.165) is 62.9 Å².